The van der Waals surface area contributed by atoms with E-state index < -0.39 is 169 Å². The minimum atomic E-state index is -1.64. The number of amides is 13. The molecule has 2 aromatic rings. The summed E-state index contributed by atoms with van der Waals surface area (Å²) in [5.41, 5.74) is 40.6. The second-order valence-corrected chi connectivity index (χ2v) is 25.1. The first-order valence-corrected chi connectivity index (χ1v) is 33.6. The number of nitrogens with two attached hydrogens (primary N) is 7. The van der Waals surface area contributed by atoms with Crippen molar-refractivity contribution in [3.8, 4) is 0 Å². The predicted molar refractivity (Wildman–Crippen MR) is 356 cm³/mol. The van der Waals surface area contributed by atoms with Crippen molar-refractivity contribution in [1.82, 2.24) is 52.3 Å². The van der Waals surface area contributed by atoms with Crippen LogP contribution in [-0.2, 0) is 75.2 Å². The number of aliphatic imine (C=N–C) groups is 1. The first kappa shape index (κ1) is 78.5. The van der Waals surface area contributed by atoms with E-state index in [0.717, 1.165) is 0 Å². The molecule has 4 rings (SSSR count). The normalized spacial score (nSPS) is 16.8. The Balaban J connectivity index is 1.56. The number of hydrogen-bond acceptors (Lipinski definition) is 17. The fraction of sp³-hybridized carbons (Fsp3) is 0.587. The lowest BCUT2D eigenvalue weighted by molar-refractivity contribution is -0.144. The molecule has 0 saturated carbocycles. The summed E-state index contributed by atoms with van der Waals surface area (Å²) in [5.74, 6) is -9.80. The molecule has 2 saturated heterocycles. The third kappa shape index (κ3) is 27.5. The molecule has 31 nitrogen and oxygen atoms in total. The number of thioether (sulfide) groups is 1. The maximum atomic E-state index is 14.7. The van der Waals surface area contributed by atoms with Crippen LogP contribution in [0.3, 0.4) is 0 Å². The Morgan fingerprint density at radius 1 is 0.537 bits per heavy atom. The van der Waals surface area contributed by atoms with Crippen LogP contribution in [0.25, 0.3) is 0 Å². The molecule has 2 aliphatic heterocycles. The van der Waals surface area contributed by atoms with Crippen LogP contribution in [0.4, 0.5) is 0 Å². The SMILES string of the molecule is CSCC[C@H](NC(=O)[C@H](CC(C)C)NC(=O)CNC(=O)[C@H](Cc1ccccc1)NC(=O)[C@H](Cc1ccccc1)NC(=O)[C@H](CCC(N)=O)NC(=O)[C@H](CCC(N)=O)NC(=O)[C@H]1CCCN1C(=O)[C@@H](CCCCN)NC(=O)[C@H]1CCCN1C(=O)[C@H](N)CCCN=C(N)N)C(N)=O. The average Bonchev–Trinajstić information content (AvgIpc) is 1.74. The fourth-order valence-corrected chi connectivity index (χ4v) is 11.5. The van der Waals surface area contributed by atoms with Crippen LogP contribution in [-0.4, -0.2) is 198 Å². The highest BCUT2D eigenvalue weighted by Gasteiger charge is 2.42. The van der Waals surface area contributed by atoms with Crippen molar-refractivity contribution >= 4 is 94.5 Å². The second-order valence-electron chi connectivity index (χ2n) is 24.1. The molecule has 2 heterocycles. The predicted octanol–water partition coefficient (Wildman–Crippen LogP) is -3.71. The molecule has 0 radical (unpaired) electrons. The van der Waals surface area contributed by atoms with E-state index in [-0.39, 0.29) is 83.0 Å². The first-order valence-electron chi connectivity index (χ1n) is 32.2. The van der Waals surface area contributed by atoms with Crippen LogP contribution >= 0.6 is 11.8 Å². The van der Waals surface area contributed by atoms with E-state index in [9.17, 15) is 62.3 Å². The van der Waals surface area contributed by atoms with Gasteiger partial charge in [0.25, 0.3) is 0 Å². The van der Waals surface area contributed by atoms with Crippen molar-refractivity contribution < 1.29 is 62.3 Å². The van der Waals surface area contributed by atoms with Gasteiger partial charge in [-0.2, -0.15) is 11.8 Å². The number of nitrogens with one attached hydrogen (secondary N) is 8. The minimum absolute atomic E-state index is 0.0736. The lowest BCUT2D eigenvalue weighted by Gasteiger charge is -2.32. The highest BCUT2D eigenvalue weighted by molar-refractivity contribution is 7.98. The van der Waals surface area contributed by atoms with Crippen molar-refractivity contribution in [3.63, 3.8) is 0 Å². The number of rotatable bonds is 42. The molecule has 0 aromatic heterocycles. The highest BCUT2D eigenvalue weighted by Crippen LogP contribution is 2.24. The van der Waals surface area contributed by atoms with Gasteiger partial charge in [0.15, 0.2) is 5.96 Å². The number of primary amides is 3. The Bertz CT molecular complexity index is 2960. The second kappa shape index (κ2) is 41.0. The number of guanidine groups is 1. The minimum Gasteiger partial charge on any atom is -0.370 e. The molecule has 22 N–H and O–H groups in total. The fourth-order valence-electron chi connectivity index (χ4n) is 11.0. The van der Waals surface area contributed by atoms with Crippen LogP contribution in [0.1, 0.15) is 121 Å². The molecular formula is C63H98N18O13S. The molecule has 0 spiro atoms. The van der Waals surface area contributed by atoms with Gasteiger partial charge < -0.3 is 92.5 Å². The maximum absolute atomic E-state index is 14.7. The Hall–Kier alpha value is -8.91. The van der Waals surface area contributed by atoms with Crippen LogP contribution in [0.5, 0.6) is 0 Å². The summed E-state index contributed by atoms with van der Waals surface area (Å²) in [4.78, 5) is 185. The summed E-state index contributed by atoms with van der Waals surface area (Å²) in [5, 5.41) is 21.1. The average molecular weight is 1350 g/mol. The number of carbonyl (C=O) groups excluding carboxylic acids is 13. The van der Waals surface area contributed by atoms with Gasteiger partial charge in [-0.15, -0.1) is 0 Å². The standard InChI is InChI=1S/C63H98N18O13S/c1-37(2)33-45(57(89)74-41(53(68)85)27-32-95-3)73-52(84)36-72-54(86)46(34-38-15-6-4-7-16-38)78-58(90)47(35-39-17-8-5-9-18-39)79-56(88)42(23-25-50(66)82)75-55(87)43(24-26-51(67)83)76-59(91)49-22-14-31-81(49)62(94)44(20-10-11-28-64)77-60(92)48-21-13-30-80(48)61(93)40(65)19-12-29-71-63(69)70/h4-9,15-18,37,40-49H,10-14,19-36,64-65H2,1-3H3,(H2,66,82)(H2,67,83)(H2,68,85)(H,72,86)(H,73,84)(H,74,89)(H,75,87)(H,76,91)(H,77,92)(H,78,90)(H,79,88)(H4,69,70,71)/t40-,41+,42+,43+,44-,45+,46+,47+,48-,49-/m1/s1. The van der Waals surface area contributed by atoms with E-state index in [1.807, 2.05) is 20.1 Å². The first-order chi connectivity index (χ1) is 45.2. The largest absolute Gasteiger partial charge is 0.370 e. The third-order valence-corrected chi connectivity index (χ3v) is 16.7. The third-order valence-electron chi connectivity index (χ3n) is 16.0. The highest BCUT2D eigenvalue weighted by atomic mass is 32.2. The lowest BCUT2D eigenvalue weighted by Crippen LogP contribution is -2.60. The molecule has 0 unspecified atom stereocenters. The van der Waals surface area contributed by atoms with Gasteiger partial charge in [0, 0.05) is 45.3 Å². The summed E-state index contributed by atoms with van der Waals surface area (Å²) in [6.45, 7) is 3.86. The number of carbonyl (C=O) groups is 13. The molecule has 13 amide bonds. The number of benzene rings is 2. The van der Waals surface area contributed by atoms with Crippen molar-refractivity contribution in [2.75, 3.05) is 44.7 Å². The Morgan fingerprint density at radius 2 is 1.01 bits per heavy atom. The van der Waals surface area contributed by atoms with Gasteiger partial charge in [-0.25, -0.2) is 0 Å². The van der Waals surface area contributed by atoms with Crippen LogP contribution in [0.15, 0.2) is 65.7 Å². The number of likely N-dealkylation sites (tertiary alicyclic amines) is 2. The van der Waals surface area contributed by atoms with E-state index in [2.05, 4.69) is 47.5 Å². The van der Waals surface area contributed by atoms with E-state index in [0.29, 0.717) is 55.4 Å². The summed E-state index contributed by atoms with van der Waals surface area (Å²) < 4.78 is 0. The summed E-state index contributed by atoms with van der Waals surface area (Å²) in [6.07, 6.45) is 3.12. The molecule has 0 bridgehead atoms. The molecule has 95 heavy (non-hydrogen) atoms. The summed E-state index contributed by atoms with van der Waals surface area (Å²) in [6, 6.07) is 4.51. The number of nitrogens with zero attached hydrogens (tertiary/aromatic N) is 3. The van der Waals surface area contributed by atoms with Gasteiger partial charge in [0.1, 0.15) is 54.4 Å². The van der Waals surface area contributed by atoms with E-state index in [4.69, 9.17) is 40.1 Å². The van der Waals surface area contributed by atoms with E-state index in [1.54, 1.807) is 60.7 Å². The number of unbranched alkanes of at least 4 members (excludes halogenated alkanes) is 1. The Kier molecular flexibility index (Phi) is 33.9. The monoisotopic (exact) mass is 1350 g/mol. The summed E-state index contributed by atoms with van der Waals surface area (Å²) in [7, 11) is 0. The van der Waals surface area contributed by atoms with E-state index in [1.165, 1.54) is 21.6 Å². The molecule has 10 atom stereocenters. The number of hydrogen-bond donors (Lipinski definition) is 15. The molecular weight excluding hydrogens is 1250 g/mol. The summed E-state index contributed by atoms with van der Waals surface area (Å²) >= 11 is 1.45. The van der Waals surface area contributed by atoms with Gasteiger partial charge >= 0.3 is 0 Å². The molecule has 0 aliphatic carbocycles. The smallest absolute Gasteiger partial charge is 0.245 e. The van der Waals surface area contributed by atoms with Crippen molar-refractivity contribution in [2.24, 2.45) is 51.0 Å². The van der Waals surface area contributed by atoms with Gasteiger partial charge in [-0.1, -0.05) is 74.5 Å². The Labute approximate surface area is 558 Å². The van der Waals surface area contributed by atoms with Crippen LogP contribution in [0.2, 0.25) is 0 Å². The van der Waals surface area contributed by atoms with Crippen LogP contribution in [0, 0.1) is 5.92 Å². The topological polar surface area (TPSA) is 519 Å². The van der Waals surface area contributed by atoms with Gasteiger partial charge in [-0.05, 0) is 119 Å². The molecule has 32 heteroatoms. The maximum Gasteiger partial charge on any atom is 0.245 e. The molecule has 2 aromatic carbocycles. The van der Waals surface area contributed by atoms with Crippen molar-refractivity contribution in [2.45, 2.75) is 183 Å². The van der Waals surface area contributed by atoms with Crippen LogP contribution < -0.4 is 82.7 Å². The van der Waals surface area contributed by atoms with Crippen molar-refractivity contribution in [1.29, 1.82) is 0 Å². The Morgan fingerprint density at radius 3 is 1.51 bits per heavy atom. The van der Waals surface area contributed by atoms with E-state index >= 15 is 0 Å². The molecule has 2 aliphatic rings. The molecule has 2 fully saturated rings. The van der Waals surface area contributed by atoms with Gasteiger partial charge in [-0.3, -0.25) is 67.3 Å². The lowest BCUT2D eigenvalue weighted by atomic mass is 10.0. The molecule has 524 valence electrons. The zero-order chi connectivity index (χ0) is 70.1. The van der Waals surface area contributed by atoms with Crippen molar-refractivity contribution in [3.05, 3.63) is 71.8 Å². The zero-order valence-corrected chi connectivity index (χ0v) is 55.3. The quantitative estimate of drug-likeness (QED) is 0.0173. The van der Waals surface area contributed by atoms with Gasteiger partial charge in [0.2, 0.25) is 76.8 Å². The van der Waals surface area contributed by atoms with Gasteiger partial charge in [0.05, 0.1) is 12.6 Å². The zero-order valence-electron chi connectivity index (χ0n) is 54.5.